The lowest BCUT2D eigenvalue weighted by molar-refractivity contribution is -0.384. The summed E-state index contributed by atoms with van der Waals surface area (Å²) in [7, 11) is 0. The first kappa shape index (κ1) is 16.8. The monoisotopic (exact) mass is 302 g/mol. The number of nitrogens with zero attached hydrogens (tertiary/aromatic N) is 2. The summed E-state index contributed by atoms with van der Waals surface area (Å²) in [6.45, 7) is 1.79. The van der Waals surface area contributed by atoms with Crippen LogP contribution in [0.2, 0.25) is 0 Å². The van der Waals surface area contributed by atoms with Crippen LogP contribution in [-0.2, 0) is 9.59 Å². The lowest BCUT2D eigenvalue weighted by Crippen LogP contribution is -2.31. The third-order valence-corrected chi connectivity index (χ3v) is 2.56. The van der Waals surface area contributed by atoms with Crippen LogP contribution in [0.1, 0.15) is 19.8 Å². The van der Waals surface area contributed by atoms with Crippen molar-refractivity contribution in [3.05, 3.63) is 46.2 Å². The number of hydrogen-bond acceptors (Lipinski definition) is 6. The van der Waals surface area contributed by atoms with E-state index in [0.29, 0.717) is 12.1 Å². The number of nitro benzene ring substituents is 1. The van der Waals surface area contributed by atoms with Gasteiger partial charge in [-0.15, -0.1) is 0 Å². The fraction of sp³-hybridized carbons (Fsp3) is 0.214. The lowest BCUT2D eigenvalue weighted by Gasteiger charge is -2.03. The third-order valence-electron chi connectivity index (χ3n) is 2.56. The lowest BCUT2D eigenvalue weighted by atomic mass is 10.2. The van der Waals surface area contributed by atoms with E-state index in [2.05, 4.69) is 10.6 Å². The maximum absolute atomic E-state index is 11.7. The third kappa shape index (κ3) is 5.05. The van der Waals surface area contributed by atoms with Gasteiger partial charge in [0.2, 0.25) is 5.91 Å². The Labute approximate surface area is 126 Å². The summed E-state index contributed by atoms with van der Waals surface area (Å²) < 4.78 is 0. The molecule has 0 unspecified atom stereocenters. The number of nitro groups is 1. The maximum Gasteiger partial charge on any atom is 0.269 e. The first-order valence-electron chi connectivity index (χ1n) is 6.43. The molecule has 0 fully saturated rings. The SMILES string of the molecule is CCCC(=O)NC(=O)/C(C#N)=C\Nc1ccc([N+](=O)[O-])cc1. The van der Waals surface area contributed by atoms with Crippen molar-refractivity contribution in [3.8, 4) is 6.07 Å². The highest BCUT2D eigenvalue weighted by Crippen LogP contribution is 2.15. The van der Waals surface area contributed by atoms with E-state index in [-0.39, 0.29) is 17.7 Å². The van der Waals surface area contributed by atoms with Crippen molar-refractivity contribution in [2.24, 2.45) is 0 Å². The molecule has 8 nitrogen and oxygen atoms in total. The van der Waals surface area contributed by atoms with Gasteiger partial charge in [-0.2, -0.15) is 5.26 Å². The molecule has 1 rings (SSSR count). The van der Waals surface area contributed by atoms with E-state index in [1.165, 1.54) is 24.3 Å². The number of anilines is 1. The molecule has 8 heteroatoms. The Balaban J connectivity index is 2.73. The summed E-state index contributed by atoms with van der Waals surface area (Å²) in [5, 5.41) is 24.2. The van der Waals surface area contributed by atoms with E-state index in [0.717, 1.165) is 6.20 Å². The van der Waals surface area contributed by atoms with E-state index in [1.54, 1.807) is 13.0 Å². The summed E-state index contributed by atoms with van der Waals surface area (Å²) in [5.74, 6) is -1.25. The van der Waals surface area contributed by atoms with Gasteiger partial charge >= 0.3 is 0 Å². The second kappa shape index (κ2) is 8.16. The fourth-order valence-corrected chi connectivity index (χ4v) is 1.47. The first-order chi connectivity index (χ1) is 10.5. The number of non-ortho nitro benzene ring substituents is 1. The van der Waals surface area contributed by atoms with Gasteiger partial charge in [-0.3, -0.25) is 25.0 Å². The molecule has 0 radical (unpaired) electrons. The Morgan fingerprint density at radius 3 is 2.50 bits per heavy atom. The Hall–Kier alpha value is -3.21. The molecule has 0 bridgehead atoms. The molecule has 0 atom stereocenters. The smallest absolute Gasteiger partial charge is 0.269 e. The van der Waals surface area contributed by atoms with Crippen LogP contribution in [0.25, 0.3) is 0 Å². The molecule has 0 aliphatic rings. The van der Waals surface area contributed by atoms with Crippen LogP contribution in [0.5, 0.6) is 0 Å². The number of nitrogens with one attached hydrogen (secondary N) is 2. The highest BCUT2D eigenvalue weighted by Gasteiger charge is 2.12. The molecule has 114 valence electrons. The van der Waals surface area contributed by atoms with Crippen LogP contribution in [0, 0.1) is 21.4 Å². The minimum atomic E-state index is -0.796. The summed E-state index contributed by atoms with van der Waals surface area (Å²) in [6.07, 6.45) is 1.92. The van der Waals surface area contributed by atoms with Crippen LogP contribution in [0.3, 0.4) is 0 Å². The van der Waals surface area contributed by atoms with Gasteiger partial charge in [-0.25, -0.2) is 0 Å². The average molecular weight is 302 g/mol. The quantitative estimate of drug-likeness (QED) is 0.357. The highest BCUT2D eigenvalue weighted by atomic mass is 16.6. The Morgan fingerprint density at radius 2 is 2.00 bits per heavy atom. The molecule has 22 heavy (non-hydrogen) atoms. The minimum Gasteiger partial charge on any atom is -0.360 e. The number of benzene rings is 1. The van der Waals surface area contributed by atoms with Crippen molar-refractivity contribution in [1.29, 1.82) is 5.26 Å². The molecule has 0 heterocycles. The molecule has 1 aromatic rings. The topological polar surface area (TPSA) is 125 Å². The summed E-state index contributed by atoms with van der Waals surface area (Å²) in [6, 6.07) is 7.11. The van der Waals surface area contributed by atoms with Gasteiger partial charge in [0.05, 0.1) is 4.92 Å². The molecule has 0 aliphatic heterocycles. The minimum absolute atomic E-state index is 0.0714. The number of hydrogen-bond donors (Lipinski definition) is 2. The molecular weight excluding hydrogens is 288 g/mol. The summed E-state index contributed by atoms with van der Waals surface area (Å²) in [5.41, 5.74) is 0.117. The van der Waals surface area contributed by atoms with Gasteiger partial charge in [0, 0.05) is 30.4 Å². The highest BCUT2D eigenvalue weighted by molar-refractivity contribution is 6.06. The van der Waals surface area contributed by atoms with Gasteiger partial charge in [-0.05, 0) is 18.6 Å². The fourth-order valence-electron chi connectivity index (χ4n) is 1.47. The summed E-state index contributed by atoms with van der Waals surface area (Å²) in [4.78, 5) is 32.9. The van der Waals surface area contributed by atoms with Crippen molar-refractivity contribution in [1.82, 2.24) is 5.32 Å². The normalized spacial score (nSPS) is 10.5. The van der Waals surface area contributed by atoms with Crippen LogP contribution in [0.15, 0.2) is 36.0 Å². The van der Waals surface area contributed by atoms with Crippen molar-refractivity contribution in [3.63, 3.8) is 0 Å². The van der Waals surface area contributed by atoms with Crippen LogP contribution < -0.4 is 10.6 Å². The molecule has 1 aromatic carbocycles. The van der Waals surface area contributed by atoms with Crippen LogP contribution in [0.4, 0.5) is 11.4 Å². The number of nitriles is 1. The molecule has 0 aromatic heterocycles. The number of carbonyl (C=O) groups excluding carboxylic acids is 2. The van der Waals surface area contributed by atoms with Crippen molar-refractivity contribution in [2.45, 2.75) is 19.8 Å². The van der Waals surface area contributed by atoms with Crippen molar-refractivity contribution >= 4 is 23.2 Å². The van der Waals surface area contributed by atoms with Gasteiger partial charge in [0.1, 0.15) is 11.6 Å². The van der Waals surface area contributed by atoms with Gasteiger partial charge in [0.15, 0.2) is 0 Å². The maximum atomic E-state index is 11.7. The van der Waals surface area contributed by atoms with E-state index < -0.39 is 16.7 Å². The number of imide groups is 1. The standard InChI is InChI=1S/C14H14N4O4/c1-2-3-13(19)17-14(20)10(8-15)9-16-11-4-6-12(7-5-11)18(21)22/h4-7,9,16H,2-3H2,1H3,(H,17,19,20)/b10-9-. The zero-order chi connectivity index (χ0) is 16.5. The van der Waals surface area contributed by atoms with E-state index in [1.807, 2.05) is 0 Å². The Kier molecular flexibility index (Phi) is 6.25. The molecule has 2 amide bonds. The number of carbonyl (C=O) groups is 2. The van der Waals surface area contributed by atoms with E-state index in [4.69, 9.17) is 5.26 Å². The zero-order valence-electron chi connectivity index (χ0n) is 11.8. The van der Waals surface area contributed by atoms with Gasteiger partial charge < -0.3 is 5.32 Å². The second-order valence-corrected chi connectivity index (χ2v) is 4.25. The van der Waals surface area contributed by atoms with Crippen molar-refractivity contribution < 1.29 is 14.5 Å². The molecule has 0 saturated heterocycles. The molecule has 0 aliphatic carbocycles. The molecule has 0 spiro atoms. The first-order valence-corrected chi connectivity index (χ1v) is 6.43. The molecular formula is C14H14N4O4. The Bertz CT molecular complexity index is 644. The van der Waals surface area contributed by atoms with Crippen LogP contribution >= 0.6 is 0 Å². The van der Waals surface area contributed by atoms with E-state index in [9.17, 15) is 19.7 Å². The van der Waals surface area contributed by atoms with Crippen LogP contribution in [-0.4, -0.2) is 16.7 Å². The molecule has 2 N–H and O–H groups in total. The Morgan fingerprint density at radius 1 is 1.36 bits per heavy atom. The predicted molar refractivity (Wildman–Crippen MR) is 78.5 cm³/mol. The average Bonchev–Trinajstić information content (AvgIpc) is 2.48. The van der Waals surface area contributed by atoms with Gasteiger partial charge in [-0.1, -0.05) is 6.92 Å². The zero-order valence-corrected chi connectivity index (χ0v) is 11.8. The van der Waals surface area contributed by atoms with Crippen molar-refractivity contribution in [2.75, 3.05) is 5.32 Å². The largest absolute Gasteiger partial charge is 0.360 e. The predicted octanol–water partition coefficient (Wildman–Crippen LogP) is 1.86. The summed E-state index contributed by atoms with van der Waals surface area (Å²) >= 11 is 0. The molecule has 0 saturated carbocycles. The van der Waals surface area contributed by atoms with Gasteiger partial charge in [0.25, 0.3) is 11.6 Å². The number of rotatable bonds is 6. The second-order valence-electron chi connectivity index (χ2n) is 4.25. The number of amides is 2. The van der Waals surface area contributed by atoms with E-state index >= 15 is 0 Å².